The first-order valence-corrected chi connectivity index (χ1v) is 8.52. The van der Waals surface area contributed by atoms with Crippen molar-refractivity contribution in [2.75, 3.05) is 33.9 Å². The number of nitrogens with one attached hydrogen (secondary N) is 2. The highest BCUT2D eigenvalue weighted by atomic mass is 16.5. The standard InChI is InChI=1S/C20H28N2O2/c1-21-12-6-13-22-16-18-9-10-19(20(15-18)23-2)24-14-11-17-7-4-3-5-8-17/h3-5,7-10,15,21-22H,6,11-14,16H2,1-2H3. The van der Waals surface area contributed by atoms with Crippen LogP contribution in [0.1, 0.15) is 17.5 Å². The Morgan fingerprint density at radius 2 is 1.75 bits per heavy atom. The van der Waals surface area contributed by atoms with Crippen LogP contribution in [0.5, 0.6) is 11.5 Å². The minimum absolute atomic E-state index is 0.641. The molecule has 0 saturated carbocycles. The zero-order valence-electron chi connectivity index (χ0n) is 14.7. The fourth-order valence-electron chi connectivity index (χ4n) is 2.49. The van der Waals surface area contributed by atoms with E-state index in [1.807, 2.05) is 37.4 Å². The fourth-order valence-corrected chi connectivity index (χ4v) is 2.49. The molecule has 0 aliphatic rings. The topological polar surface area (TPSA) is 42.5 Å². The van der Waals surface area contributed by atoms with Crippen molar-refractivity contribution in [3.8, 4) is 11.5 Å². The highest BCUT2D eigenvalue weighted by molar-refractivity contribution is 5.43. The SMILES string of the molecule is CNCCCNCc1ccc(OCCc2ccccc2)c(OC)c1. The van der Waals surface area contributed by atoms with Crippen LogP contribution in [0.2, 0.25) is 0 Å². The highest BCUT2D eigenvalue weighted by Gasteiger charge is 2.06. The van der Waals surface area contributed by atoms with Crippen molar-refractivity contribution in [1.82, 2.24) is 10.6 Å². The zero-order valence-corrected chi connectivity index (χ0v) is 14.7. The third-order valence-corrected chi connectivity index (χ3v) is 3.83. The van der Waals surface area contributed by atoms with Gasteiger partial charge in [0.1, 0.15) is 0 Å². The van der Waals surface area contributed by atoms with Gasteiger partial charge in [-0.2, -0.15) is 0 Å². The predicted octanol–water partition coefficient (Wildman–Crippen LogP) is 3.02. The lowest BCUT2D eigenvalue weighted by Gasteiger charge is -2.13. The molecule has 2 N–H and O–H groups in total. The lowest BCUT2D eigenvalue weighted by Crippen LogP contribution is -2.19. The number of methoxy groups -OCH3 is 1. The molecule has 130 valence electrons. The molecule has 0 atom stereocenters. The molecule has 2 aromatic carbocycles. The van der Waals surface area contributed by atoms with Crippen molar-refractivity contribution in [1.29, 1.82) is 0 Å². The summed E-state index contributed by atoms with van der Waals surface area (Å²) < 4.78 is 11.4. The first kappa shape index (κ1) is 18.3. The summed E-state index contributed by atoms with van der Waals surface area (Å²) in [5.74, 6) is 1.59. The molecule has 0 spiro atoms. The lowest BCUT2D eigenvalue weighted by molar-refractivity contribution is 0.297. The quantitative estimate of drug-likeness (QED) is 0.622. The minimum Gasteiger partial charge on any atom is -0.493 e. The summed E-state index contributed by atoms with van der Waals surface area (Å²) in [4.78, 5) is 0. The number of rotatable bonds is 11. The molecular formula is C20H28N2O2. The normalized spacial score (nSPS) is 10.6. The van der Waals surface area contributed by atoms with E-state index in [-0.39, 0.29) is 0 Å². The Morgan fingerprint density at radius 1 is 0.917 bits per heavy atom. The van der Waals surface area contributed by atoms with E-state index < -0.39 is 0 Å². The van der Waals surface area contributed by atoms with Crippen LogP contribution < -0.4 is 20.1 Å². The van der Waals surface area contributed by atoms with E-state index in [1.165, 1.54) is 11.1 Å². The van der Waals surface area contributed by atoms with Gasteiger partial charge in [0.15, 0.2) is 11.5 Å². The maximum atomic E-state index is 5.89. The lowest BCUT2D eigenvalue weighted by atomic mass is 10.1. The van der Waals surface area contributed by atoms with Gasteiger partial charge in [-0.05, 0) is 49.8 Å². The summed E-state index contributed by atoms with van der Waals surface area (Å²) in [6.07, 6.45) is 2.01. The average molecular weight is 328 g/mol. The molecule has 0 saturated heterocycles. The van der Waals surface area contributed by atoms with Crippen molar-refractivity contribution >= 4 is 0 Å². The van der Waals surface area contributed by atoms with E-state index in [1.54, 1.807) is 7.11 Å². The summed E-state index contributed by atoms with van der Waals surface area (Å²) in [6.45, 7) is 3.51. The molecule has 2 rings (SSSR count). The van der Waals surface area contributed by atoms with Gasteiger partial charge < -0.3 is 20.1 Å². The molecule has 0 unspecified atom stereocenters. The van der Waals surface area contributed by atoms with Crippen LogP contribution in [0.4, 0.5) is 0 Å². The van der Waals surface area contributed by atoms with Gasteiger partial charge in [-0.1, -0.05) is 36.4 Å². The maximum absolute atomic E-state index is 5.89. The van der Waals surface area contributed by atoms with Crippen molar-refractivity contribution in [3.63, 3.8) is 0 Å². The van der Waals surface area contributed by atoms with Gasteiger partial charge in [0, 0.05) is 13.0 Å². The Labute approximate surface area is 145 Å². The second kappa shape index (κ2) is 10.7. The molecule has 0 bridgehead atoms. The summed E-state index contributed by atoms with van der Waals surface area (Å²) in [6, 6.07) is 16.5. The summed E-state index contributed by atoms with van der Waals surface area (Å²) >= 11 is 0. The summed E-state index contributed by atoms with van der Waals surface area (Å²) in [5.41, 5.74) is 2.48. The van der Waals surface area contributed by atoms with Crippen LogP contribution in [0.3, 0.4) is 0 Å². The summed E-state index contributed by atoms with van der Waals surface area (Å²) in [7, 11) is 3.66. The van der Waals surface area contributed by atoms with Crippen LogP contribution in [0.15, 0.2) is 48.5 Å². The maximum Gasteiger partial charge on any atom is 0.161 e. The molecular weight excluding hydrogens is 300 g/mol. The largest absolute Gasteiger partial charge is 0.493 e. The monoisotopic (exact) mass is 328 g/mol. The van der Waals surface area contributed by atoms with Gasteiger partial charge in [0.25, 0.3) is 0 Å². The van der Waals surface area contributed by atoms with Gasteiger partial charge in [0.05, 0.1) is 13.7 Å². The van der Waals surface area contributed by atoms with E-state index in [0.717, 1.165) is 44.0 Å². The van der Waals surface area contributed by atoms with Crippen molar-refractivity contribution in [2.45, 2.75) is 19.4 Å². The van der Waals surface area contributed by atoms with Crippen LogP contribution in [0.25, 0.3) is 0 Å². The third-order valence-electron chi connectivity index (χ3n) is 3.83. The Kier molecular flexibility index (Phi) is 8.15. The van der Waals surface area contributed by atoms with Gasteiger partial charge in [-0.25, -0.2) is 0 Å². The van der Waals surface area contributed by atoms with Crippen LogP contribution in [0, 0.1) is 0 Å². The van der Waals surface area contributed by atoms with E-state index >= 15 is 0 Å². The summed E-state index contributed by atoms with van der Waals surface area (Å²) in [5, 5.41) is 6.58. The van der Waals surface area contributed by atoms with E-state index in [4.69, 9.17) is 9.47 Å². The molecule has 0 fully saturated rings. The molecule has 0 amide bonds. The van der Waals surface area contributed by atoms with Crippen LogP contribution in [-0.2, 0) is 13.0 Å². The number of ether oxygens (including phenoxy) is 2. The molecule has 4 nitrogen and oxygen atoms in total. The van der Waals surface area contributed by atoms with Crippen LogP contribution >= 0.6 is 0 Å². The van der Waals surface area contributed by atoms with Crippen molar-refractivity contribution < 1.29 is 9.47 Å². The Morgan fingerprint density at radius 3 is 2.50 bits per heavy atom. The van der Waals surface area contributed by atoms with Gasteiger partial charge in [0.2, 0.25) is 0 Å². The smallest absolute Gasteiger partial charge is 0.161 e. The highest BCUT2D eigenvalue weighted by Crippen LogP contribution is 2.28. The molecule has 24 heavy (non-hydrogen) atoms. The number of benzene rings is 2. The van der Waals surface area contributed by atoms with Crippen molar-refractivity contribution in [3.05, 3.63) is 59.7 Å². The number of hydrogen-bond donors (Lipinski definition) is 2. The first-order valence-electron chi connectivity index (χ1n) is 8.52. The molecule has 0 aliphatic carbocycles. The molecule has 0 aromatic heterocycles. The van der Waals surface area contributed by atoms with E-state index in [9.17, 15) is 0 Å². The van der Waals surface area contributed by atoms with Crippen LogP contribution in [-0.4, -0.2) is 33.9 Å². The number of hydrogen-bond acceptors (Lipinski definition) is 4. The molecule has 4 heteroatoms. The third kappa shape index (κ3) is 6.22. The Balaban J connectivity index is 1.82. The van der Waals surface area contributed by atoms with Gasteiger partial charge in [-0.3, -0.25) is 0 Å². The average Bonchev–Trinajstić information content (AvgIpc) is 2.63. The fraction of sp³-hybridized carbons (Fsp3) is 0.400. The minimum atomic E-state index is 0.641. The zero-order chi connectivity index (χ0) is 17.0. The van der Waals surface area contributed by atoms with Crippen molar-refractivity contribution in [2.24, 2.45) is 0 Å². The first-order chi connectivity index (χ1) is 11.8. The van der Waals surface area contributed by atoms with E-state index in [0.29, 0.717) is 6.61 Å². The second-order valence-corrected chi connectivity index (χ2v) is 5.70. The van der Waals surface area contributed by atoms with E-state index in [2.05, 4.69) is 28.8 Å². The van der Waals surface area contributed by atoms with Gasteiger partial charge in [-0.15, -0.1) is 0 Å². The molecule has 0 radical (unpaired) electrons. The van der Waals surface area contributed by atoms with Gasteiger partial charge >= 0.3 is 0 Å². The molecule has 0 heterocycles. The Bertz CT molecular complexity index is 587. The molecule has 2 aromatic rings. The molecule has 0 aliphatic heterocycles. The Hall–Kier alpha value is -2.04. The predicted molar refractivity (Wildman–Crippen MR) is 98.9 cm³/mol. The second-order valence-electron chi connectivity index (χ2n) is 5.70.